The number of nitrogens with one attached hydrogen (secondary N) is 1. The SMILES string of the molecule is CCOC(=O)/C=C/c1cc(S(=O)(=O)Nc2ccon2)ccc1C. The van der Waals surface area contributed by atoms with E-state index in [2.05, 4.69) is 14.4 Å². The molecule has 0 saturated heterocycles. The Morgan fingerprint density at radius 3 is 2.83 bits per heavy atom. The summed E-state index contributed by atoms with van der Waals surface area (Å²) >= 11 is 0. The lowest BCUT2D eigenvalue weighted by Crippen LogP contribution is -2.13. The van der Waals surface area contributed by atoms with E-state index < -0.39 is 16.0 Å². The molecule has 2 rings (SSSR count). The van der Waals surface area contributed by atoms with E-state index in [0.29, 0.717) is 5.56 Å². The van der Waals surface area contributed by atoms with Gasteiger partial charge in [-0.2, -0.15) is 0 Å². The number of esters is 1. The third-order valence-electron chi connectivity index (χ3n) is 2.92. The van der Waals surface area contributed by atoms with Crippen molar-refractivity contribution >= 4 is 27.9 Å². The summed E-state index contributed by atoms with van der Waals surface area (Å²) in [6.45, 7) is 3.80. The van der Waals surface area contributed by atoms with Gasteiger partial charge in [-0.05, 0) is 43.2 Å². The first-order valence-corrected chi connectivity index (χ1v) is 8.29. The van der Waals surface area contributed by atoms with Crippen molar-refractivity contribution < 1.29 is 22.5 Å². The fourth-order valence-electron chi connectivity index (χ4n) is 1.78. The number of benzene rings is 1. The minimum atomic E-state index is -3.79. The zero-order valence-corrected chi connectivity index (χ0v) is 13.5. The van der Waals surface area contributed by atoms with Gasteiger partial charge in [0.1, 0.15) is 6.26 Å². The Balaban J connectivity index is 2.27. The minimum absolute atomic E-state index is 0.0506. The van der Waals surface area contributed by atoms with Crippen molar-refractivity contribution in [1.82, 2.24) is 5.16 Å². The van der Waals surface area contributed by atoms with Gasteiger partial charge in [0, 0.05) is 12.1 Å². The summed E-state index contributed by atoms with van der Waals surface area (Å²) in [5.41, 5.74) is 1.42. The van der Waals surface area contributed by atoms with Crippen LogP contribution in [0.4, 0.5) is 5.82 Å². The summed E-state index contributed by atoms with van der Waals surface area (Å²) in [7, 11) is -3.79. The van der Waals surface area contributed by atoms with Crippen molar-refractivity contribution in [3.05, 3.63) is 47.7 Å². The van der Waals surface area contributed by atoms with Gasteiger partial charge in [-0.1, -0.05) is 11.2 Å². The van der Waals surface area contributed by atoms with Crippen molar-refractivity contribution in [2.24, 2.45) is 0 Å². The molecule has 2 aromatic rings. The van der Waals surface area contributed by atoms with Crippen LogP contribution in [0.5, 0.6) is 0 Å². The molecule has 0 atom stereocenters. The number of hydrogen-bond acceptors (Lipinski definition) is 6. The van der Waals surface area contributed by atoms with Gasteiger partial charge in [0.15, 0.2) is 5.82 Å². The topological polar surface area (TPSA) is 98.5 Å². The number of nitrogens with zero attached hydrogens (tertiary/aromatic N) is 1. The quantitative estimate of drug-likeness (QED) is 0.642. The van der Waals surface area contributed by atoms with Crippen molar-refractivity contribution in [3.63, 3.8) is 0 Å². The maximum atomic E-state index is 12.3. The van der Waals surface area contributed by atoms with E-state index >= 15 is 0 Å². The van der Waals surface area contributed by atoms with E-state index in [9.17, 15) is 13.2 Å². The Morgan fingerprint density at radius 1 is 1.39 bits per heavy atom. The lowest BCUT2D eigenvalue weighted by atomic mass is 10.1. The smallest absolute Gasteiger partial charge is 0.330 e. The summed E-state index contributed by atoms with van der Waals surface area (Å²) in [6, 6.07) is 5.99. The molecule has 0 spiro atoms. The van der Waals surface area contributed by atoms with Crippen LogP contribution in [0.25, 0.3) is 6.08 Å². The second kappa shape index (κ2) is 7.10. The number of carbonyl (C=O) groups is 1. The van der Waals surface area contributed by atoms with Crippen LogP contribution in [0.2, 0.25) is 0 Å². The molecule has 0 unspecified atom stereocenters. The van der Waals surface area contributed by atoms with Crippen molar-refractivity contribution in [3.8, 4) is 0 Å². The molecule has 0 amide bonds. The average Bonchev–Trinajstić information content (AvgIpc) is 2.98. The summed E-state index contributed by atoms with van der Waals surface area (Å²) in [5, 5.41) is 3.51. The van der Waals surface area contributed by atoms with Crippen LogP contribution < -0.4 is 4.72 Å². The van der Waals surface area contributed by atoms with Gasteiger partial charge in [-0.15, -0.1) is 0 Å². The van der Waals surface area contributed by atoms with E-state index in [1.165, 1.54) is 36.6 Å². The number of aryl methyl sites for hydroxylation is 1. The molecular formula is C15H16N2O5S. The van der Waals surface area contributed by atoms with Gasteiger partial charge in [0.2, 0.25) is 0 Å². The molecule has 0 aliphatic heterocycles. The fraction of sp³-hybridized carbons (Fsp3) is 0.200. The Bertz CT molecular complexity index is 810. The highest BCUT2D eigenvalue weighted by atomic mass is 32.2. The summed E-state index contributed by atoms with van der Waals surface area (Å²) < 4.78 is 36.3. The molecule has 0 bridgehead atoms. The van der Waals surface area contributed by atoms with Crippen LogP contribution in [-0.2, 0) is 19.6 Å². The molecule has 1 aromatic carbocycles. The zero-order valence-electron chi connectivity index (χ0n) is 12.6. The van der Waals surface area contributed by atoms with Crippen LogP contribution in [0.15, 0.2) is 46.0 Å². The minimum Gasteiger partial charge on any atom is -0.463 e. The highest BCUT2D eigenvalue weighted by molar-refractivity contribution is 7.92. The van der Waals surface area contributed by atoms with Crippen molar-refractivity contribution in [1.29, 1.82) is 0 Å². The van der Waals surface area contributed by atoms with Gasteiger partial charge in [-0.25, -0.2) is 13.2 Å². The van der Waals surface area contributed by atoms with Crippen molar-refractivity contribution in [2.45, 2.75) is 18.7 Å². The highest BCUT2D eigenvalue weighted by Gasteiger charge is 2.16. The average molecular weight is 336 g/mol. The number of carbonyl (C=O) groups excluding carboxylic acids is 1. The number of anilines is 1. The molecule has 8 heteroatoms. The molecule has 1 aromatic heterocycles. The summed E-state index contributed by atoms with van der Waals surface area (Å²) in [4.78, 5) is 11.4. The Kier molecular flexibility index (Phi) is 5.17. The van der Waals surface area contributed by atoms with Gasteiger partial charge in [0.25, 0.3) is 10.0 Å². The Morgan fingerprint density at radius 2 is 2.17 bits per heavy atom. The lowest BCUT2D eigenvalue weighted by Gasteiger charge is -2.07. The summed E-state index contributed by atoms with van der Waals surface area (Å²) in [6.07, 6.45) is 4.04. The molecule has 23 heavy (non-hydrogen) atoms. The van der Waals surface area contributed by atoms with E-state index in [0.717, 1.165) is 5.56 Å². The van der Waals surface area contributed by atoms with E-state index in [1.54, 1.807) is 13.0 Å². The van der Waals surface area contributed by atoms with Crippen LogP contribution in [0, 0.1) is 6.92 Å². The first kappa shape index (κ1) is 16.8. The van der Waals surface area contributed by atoms with E-state index in [1.807, 2.05) is 6.92 Å². The number of rotatable bonds is 6. The van der Waals surface area contributed by atoms with Crippen LogP contribution in [0.3, 0.4) is 0 Å². The molecule has 1 heterocycles. The van der Waals surface area contributed by atoms with Gasteiger partial charge < -0.3 is 9.26 Å². The highest BCUT2D eigenvalue weighted by Crippen LogP contribution is 2.19. The number of hydrogen-bond donors (Lipinski definition) is 1. The first-order valence-electron chi connectivity index (χ1n) is 6.81. The fourth-order valence-corrected chi connectivity index (χ4v) is 2.80. The predicted molar refractivity (Wildman–Crippen MR) is 84.2 cm³/mol. The van der Waals surface area contributed by atoms with Gasteiger partial charge in [0.05, 0.1) is 11.5 Å². The Hall–Kier alpha value is -2.61. The molecule has 0 saturated carbocycles. The predicted octanol–water partition coefficient (Wildman–Crippen LogP) is 2.36. The second-order valence-corrected chi connectivity index (χ2v) is 6.28. The number of aromatic nitrogens is 1. The molecule has 1 N–H and O–H groups in total. The molecule has 122 valence electrons. The maximum absolute atomic E-state index is 12.3. The van der Waals surface area contributed by atoms with Crippen molar-refractivity contribution in [2.75, 3.05) is 11.3 Å². The molecular weight excluding hydrogens is 320 g/mol. The van der Waals surface area contributed by atoms with Gasteiger partial charge >= 0.3 is 5.97 Å². The maximum Gasteiger partial charge on any atom is 0.330 e. The van der Waals surface area contributed by atoms with E-state index in [4.69, 9.17) is 4.74 Å². The molecule has 0 fully saturated rings. The van der Waals surface area contributed by atoms with E-state index in [-0.39, 0.29) is 17.3 Å². The second-order valence-electron chi connectivity index (χ2n) is 4.59. The number of sulfonamides is 1. The monoisotopic (exact) mass is 336 g/mol. The van der Waals surface area contributed by atoms with Crippen LogP contribution in [-0.4, -0.2) is 26.2 Å². The lowest BCUT2D eigenvalue weighted by molar-refractivity contribution is -0.137. The third kappa shape index (κ3) is 4.43. The number of ether oxygens (including phenoxy) is 1. The molecule has 0 aliphatic rings. The van der Waals surface area contributed by atoms with Crippen LogP contribution >= 0.6 is 0 Å². The van der Waals surface area contributed by atoms with Gasteiger partial charge in [-0.3, -0.25) is 4.72 Å². The third-order valence-corrected chi connectivity index (χ3v) is 4.28. The molecule has 7 nitrogen and oxygen atoms in total. The van der Waals surface area contributed by atoms with Crippen LogP contribution in [0.1, 0.15) is 18.1 Å². The largest absolute Gasteiger partial charge is 0.463 e. The molecule has 0 radical (unpaired) electrons. The zero-order chi connectivity index (χ0) is 16.9. The standard InChI is InChI=1S/C15H16N2O5S/c1-3-21-15(18)7-5-12-10-13(6-4-11(12)2)23(19,20)17-14-8-9-22-16-14/h4-10H,3H2,1-2H3,(H,16,17)/b7-5+. The summed E-state index contributed by atoms with van der Waals surface area (Å²) in [5.74, 6) is -0.393. The molecule has 0 aliphatic carbocycles. The normalized spacial score (nSPS) is 11.6. The Labute approximate surface area is 134 Å². The first-order chi connectivity index (χ1) is 10.9.